The van der Waals surface area contributed by atoms with Gasteiger partial charge in [0, 0.05) is 18.2 Å². The summed E-state index contributed by atoms with van der Waals surface area (Å²) >= 11 is 0. The SMILES string of the molecule is COc1ccccc1-c1coc2cc(OCC(=O)NCc3ccccc3)ccc2c1=O. The molecule has 156 valence electrons. The fourth-order valence-electron chi connectivity index (χ4n) is 3.25. The van der Waals surface area contributed by atoms with Gasteiger partial charge in [0.15, 0.2) is 6.61 Å². The second-order valence-corrected chi connectivity index (χ2v) is 6.89. The lowest BCUT2D eigenvalue weighted by atomic mass is 10.0. The maximum atomic E-state index is 13.0. The smallest absolute Gasteiger partial charge is 0.258 e. The molecule has 0 atom stereocenters. The van der Waals surface area contributed by atoms with Gasteiger partial charge in [-0.1, -0.05) is 48.5 Å². The summed E-state index contributed by atoms with van der Waals surface area (Å²) in [4.78, 5) is 25.0. The zero-order chi connectivity index (χ0) is 21.6. The monoisotopic (exact) mass is 415 g/mol. The Balaban J connectivity index is 1.47. The number of amides is 1. The third-order valence-corrected chi connectivity index (χ3v) is 4.85. The van der Waals surface area contributed by atoms with Crippen LogP contribution in [0.4, 0.5) is 0 Å². The minimum atomic E-state index is -0.239. The van der Waals surface area contributed by atoms with Gasteiger partial charge in [-0.15, -0.1) is 0 Å². The average molecular weight is 415 g/mol. The molecule has 6 nitrogen and oxygen atoms in total. The lowest BCUT2D eigenvalue weighted by Gasteiger charge is -2.10. The molecule has 0 saturated carbocycles. The number of methoxy groups -OCH3 is 1. The van der Waals surface area contributed by atoms with Crippen LogP contribution >= 0.6 is 0 Å². The predicted molar refractivity (Wildman–Crippen MR) is 118 cm³/mol. The summed E-state index contributed by atoms with van der Waals surface area (Å²) < 4.78 is 16.6. The minimum absolute atomic E-state index is 0.137. The highest BCUT2D eigenvalue weighted by Gasteiger charge is 2.13. The Morgan fingerprint density at radius 3 is 2.55 bits per heavy atom. The van der Waals surface area contributed by atoms with Crippen LogP contribution in [0.2, 0.25) is 0 Å². The molecule has 4 aromatic rings. The van der Waals surface area contributed by atoms with E-state index in [2.05, 4.69) is 5.32 Å². The summed E-state index contributed by atoms with van der Waals surface area (Å²) in [6.45, 7) is 0.295. The number of para-hydroxylation sites is 1. The van der Waals surface area contributed by atoms with Crippen molar-refractivity contribution in [2.24, 2.45) is 0 Å². The lowest BCUT2D eigenvalue weighted by molar-refractivity contribution is -0.123. The van der Waals surface area contributed by atoms with Crippen LogP contribution < -0.4 is 20.2 Å². The number of fused-ring (bicyclic) bond motifs is 1. The number of ether oxygens (including phenoxy) is 2. The van der Waals surface area contributed by atoms with Crippen molar-refractivity contribution >= 4 is 16.9 Å². The normalized spacial score (nSPS) is 10.6. The standard InChI is InChI=1S/C25H21NO5/c1-29-22-10-6-5-9-19(22)21-15-31-23-13-18(11-12-20(23)25(21)28)30-16-24(27)26-14-17-7-3-2-4-8-17/h2-13,15H,14,16H2,1H3,(H,26,27). The van der Waals surface area contributed by atoms with E-state index in [1.807, 2.05) is 48.5 Å². The molecule has 0 aliphatic carbocycles. The topological polar surface area (TPSA) is 77.8 Å². The van der Waals surface area contributed by atoms with Crippen LogP contribution in [0.3, 0.4) is 0 Å². The molecule has 0 saturated heterocycles. The Bertz CT molecular complexity index is 1260. The molecule has 1 amide bonds. The van der Waals surface area contributed by atoms with E-state index < -0.39 is 0 Å². The van der Waals surface area contributed by atoms with Crippen LogP contribution in [0.5, 0.6) is 11.5 Å². The van der Waals surface area contributed by atoms with Crippen molar-refractivity contribution in [1.82, 2.24) is 5.32 Å². The number of carbonyl (C=O) groups is 1. The first-order valence-corrected chi connectivity index (χ1v) is 9.78. The van der Waals surface area contributed by atoms with Gasteiger partial charge in [-0.05, 0) is 23.8 Å². The maximum absolute atomic E-state index is 13.0. The first kappa shape index (κ1) is 20.2. The molecule has 0 radical (unpaired) electrons. The zero-order valence-electron chi connectivity index (χ0n) is 17.0. The summed E-state index contributed by atoms with van der Waals surface area (Å²) in [7, 11) is 1.56. The van der Waals surface area contributed by atoms with Crippen molar-refractivity contribution in [3.05, 3.63) is 94.8 Å². The summed E-state index contributed by atoms with van der Waals surface area (Å²) in [5.74, 6) is 0.795. The molecule has 0 unspecified atom stereocenters. The molecule has 0 fully saturated rings. The number of benzene rings is 3. The number of carbonyl (C=O) groups excluding carboxylic acids is 1. The van der Waals surface area contributed by atoms with E-state index in [0.29, 0.717) is 40.1 Å². The van der Waals surface area contributed by atoms with E-state index in [-0.39, 0.29) is 17.9 Å². The Kier molecular flexibility index (Phi) is 5.98. The molecule has 3 aromatic carbocycles. The fraction of sp³-hybridized carbons (Fsp3) is 0.120. The number of rotatable bonds is 7. The largest absolute Gasteiger partial charge is 0.496 e. The van der Waals surface area contributed by atoms with Crippen LogP contribution in [0.15, 0.2) is 88.3 Å². The maximum Gasteiger partial charge on any atom is 0.258 e. The van der Waals surface area contributed by atoms with E-state index in [0.717, 1.165) is 5.56 Å². The molecular formula is C25H21NO5. The molecule has 0 aliphatic rings. The van der Waals surface area contributed by atoms with Gasteiger partial charge in [-0.25, -0.2) is 0 Å². The Labute approximate surface area is 179 Å². The Morgan fingerprint density at radius 1 is 0.968 bits per heavy atom. The first-order chi connectivity index (χ1) is 15.2. The molecule has 1 heterocycles. The lowest BCUT2D eigenvalue weighted by Crippen LogP contribution is -2.28. The van der Waals surface area contributed by atoms with E-state index in [4.69, 9.17) is 13.9 Å². The molecule has 0 spiro atoms. The molecular weight excluding hydrogens is 394 g/mol. The van der Waals surface area contributed by atoms with Crippen molar-refractivity contribution in [3.63, 3.8) is 0 Å². The number of nitrogens with one attached hydrogen (secondary N) is 1. The highest BCUT2D eigenvalue weighted by atomic mass is 16.5. The van der Waals surface area contributed by atoms with Crippen molar-refractivity contribution in [2.75, 3.05) is 13.7 Å². The minimum Gasteiger partial charge on any atom is -0.496 e. The summed E-state index contributed by atoms with van der Waals surface area (Å²) in [6.07, 6.45) is 1.42. The molecule has 31 heavy (non-hydrogen) atoms. The van der Waals surface area contributed by atoms with Crippen LogP contribution in [0.1, 0.15) is 5.56 Å². The molecule has 4 rings (SSSR count). The first-order valence-electron chi connectivity index (χ1n) is 9.78. The Hall–Kier alpha value is -4.06. The third kappa shape index (κ3) is 4.59. The van der Waals surface area contributed by atoms with E-state index in [1.165, 1.54) is 6.26 Å². The quantitative estimate of drug-likeness (QED) is 0.490. The van der Waals surface area contributed by atoms with E-state index in [9.17, 15) is 9.59 Å². The Morgan fingerprint density at radius 2 is 1.74 bits per heavy atom. The molecule has 1 N–H and O–H groups in total. The van der Waals surface area contributed by atoms with Gasteiger partial charge >= 0.3 is 0 Å². The fourth-order valence-corrected chi connectivity index (χ4v) is 3.25. The van der Waals surface area contributed by atoms with Crippen LogP contribution in [0.25, 0.3) is 22.1 Å². The van der Waals surface area contributed by atoms with Crippen molar-refractivity contribution in [2.45, 2.75) is 6.54 Å². The summed E-state index contributed by atoms with van der Waals surface area (Å²) in [6, 6.07) is 21.8. The van der Waals surface area contributed by atoms with Crippen LogP contribution in [-0.2, 0) is 11.3 Å². The number of hydrogen-bond acceptors (Lipinski definition) is 5. The predicted octanol–water partition coefficient (Wildman–Crippen LogP) is 4.16. The third-order valence-electron chi connectivity index (χ3n) is 4.85. The second-order valence-electron chi connectivity index (χ2n) is 6.89. The van der Waals surface area contributed by atoms with Gasteiger partial charge in [0.05, 0.1) is 18.1 Å². The van der Waals surface area contributed by atoms with Crippen molar-refractivity contribution in [1.29, 1.82) is 0 Å². The van der Waals surface area contributed by atoms with Gasteiger partial charge in [0.2, 0.25) is 5.43 Å². The van der Waals surface area contributed by atoms with Gasteiger partial charge in [-0.2, -0.15) is 0 Å². The van der Waals surface area contributed by atoms with Crippen molar-refractivity contribution < 1.29 is 18.7 Å². The van der Waals surface area contributed by atoms with E-state index >= 15 is 0 Å². The molecule has 0 aliphatic heterocycles. The zero-order valence-corrected chi connectivity index (χ0v) is 17.0. The van der Waals surface area contributed by atoms with Gasteiger partial charge in [-0.3, -0.25) is 9.59 Å². The highest BCUT2D eigenvalue weighted by molar-refractivity contribution is 5.84. The van der Waals surface area contributed by atoms with Crippen LogP contribution in [0, 0.1) is 0 Å². The van der Waals surface area contributed by atoms with Gasteiger partial charge < -0.3 is 19.2 Å². The van der Waals surface area contributed by atoms with Crippen molar-refractivity contribution in [3.8, 4) is 22.6 Å². The molecule has 1 aromatic heterocycles. The summed E-state index contributed by atoms with van der Waals surface area (Å²) in [5, 5.41) is 3.22. The second kappa shape index (κ2) is 9.17. The molecule has 6 heteroatoms. The van der Waals surface area contributed by atoms with Crippen LogP contribution in [-0.4, -0.2) is 19.6 Å². The highest BCUT2D eigenvalue weighted by Crippen LogP contribution is 2.29. The van der Waals surface area contributed by atoms with Gasteiger partial charge in [0.25, 0.3) is 5.91 Å². The average Bonchev–Trinajstić information content (AvgIpc) is 2.82. The van der Waals surface area contributed by atoms with Gasteiger partial charge in [0.1, 0.15) is 23.3 Å². The number of hydrogen-bond donors (Lipinski definition) is 1. The summed E-state index contributed by atoms with van der Waals surface area (Å²) in [5.41, 5.74) is 2.30. The van der Waals surface area contributed by atoms with E-state index in [1.54, 1.807) is 31.4 Å². The molecule has 0 bridgehead atoms.